The average Bonchev–Trinajstić information content (AvgIpc) is 2.93. The van der Waals surface area contributed by atoms with Gasteiger partial charge < -0.3 is 9.84 Å². The predicted octanol–water partition coefficient (Wildman–Crippen LogP) is 2.15. The van der Waals surface area contributed by atoms with E-state index < -0.39 is 5.97 Å². The number of aromatic nitrogens is 4. The fraction of sp³-hybridized carbons (Fsp3) is 0. The fourth-order valence-electron chi connectivity index (χ4n) is 1.78. The highest BCUT2D eigenvalue weighted by Gasteiger charge is 2.20. The summed E-state index contributed by atoms with van der Waals surface area (Å²) in [4.78, 5) is 11.3. The van der Waals surface area contributed by atoms with Crippen molar-refractivity contribution in [2.45, 2.75) is 0 Å². The second-order valence-corrected chi connectivity index (χ2v) is 4.08. The molecule has 21 heavy (non-hydrogen) atoms. The monoisotopic (exact) mass is 282 g/mol. The van der Waals surface area contributed by atoms with Gasteiger partial charge in [-0.1, -0.05) is 18.2 Å². The van der Waals surface area contributed by atoms with Crippen LogP contribution in [0.3, 0.4) is 0 Å². The molecule has 3 rings (SSSR count). The molecule has 3 aromatic rings. The molecule has 0 radical (unpaired) electrons. The predicted molar refractivity (Wildman–Crippen MR) is 72.6 cm³/mol. The molecule has 7 nitrogen and oxygen atoms in total. The Hall–Kier alpha value is -3.22. The molecular weight excluding hydrogens is 272 g/mol. The molecule has 0 aliphatic rings. The first-order chi connectivity index (χ1) is 10.3. The molecular formula is C14H10N4O3. The number of carbonyl (C=O) groups is 1. The van der Waals surface area contributed by atoms with Crippen LogP contribution in [0.1, 0.15) is 10.4 Å². The van der Waals surface area contributed by atoms with E-state index in [2.05, 4.69) is 15.3 Å². The van der Waals surface area contributed by atoms with Crippen LogP contribution < -0.4 is 4.74 Å². The number of hydrogen-bond acceptors (Lipinski definition) is 5. The first-order valence-electron chi connectivity index (χ1n) is 6.08. The quantitative estimate of drug-likeness (QED) is 0.788. The minimum absolute atomic E-state index is 0.0514. The summed E-state index contributed by atoms with van der Waals surface area (Å²) in [5.74, 6) is -0.858. The van der Waals surface area contributed by atoms with Gasteiger partial charge in [0.05, 0.1) is 11.9 Å². The van der Waals surface area contributed by atoms with Gasteiger partial charge in [0.25, 0.3) is 0 Å². The molecule has 0 fully saturated rings. The molecule has 2 aromatic heterocycles. The van der Waals surface area contributed by atoms with Crippen molar-refractivity contribution in [1.29, 1.82) is 0 Å². The number of nitrogens with zero attached hydrogens (tertiary/aromatic N) is 4. The third-order valence-electron chi connectivity index (χ3n) is 2.71. The standard InChI is InChI=1S/C14H10N4O3/c19-14(20)11-9-16-18(10-5-2-1-3-6-10)13(11)21-12-7-4-8-15-17-12/h1-9H,(H,19,20). The SMILES string of the molecule is O=C(O)c1cnn(-c2ccccc2)c1Oc1cccnn1. The molecule has 104 valence electrons. The highest BCUT2D eigenvalue weighted by Crippen LogP contribution is 2.26. The Labute approximate surface area is 119 Å². The summed E-state index contributed by atoms with van der Waals surface area (Å²) >= 11 is 0. The number of aromatic carboxylic acids is 1. The van der Waals surface area contributed by atoms with Crippen molar-refractivity contribution >= 4 is 5.97 Å². The van der Waals surface area contributed by atoms with Crippen LogP contribution in [0.2, 0.25) is 0 Å². The lowest BCUT2D eigenvalue weighted by molar-refractivity contribution is 0.0694. The second kappa shape index (κ2) is 5.41. The van der Waals surface area contributed by atoms with Crippen molar-refractivity contribution in [3.63, 3.8) is 0 Å². The molecule has 0 saturated carbocycles. The lowest BCUT2D eigenvalue weighted by Crippen LogP contribution is -2.04. The van der Waals surface area contributed by atoms with Crippen molar-refractivity contribution in [3.05, 3.63) is 60.4 Å². The Morgan fingerprint density at radius 2 is 1.95 bits per heavy atom. The van der Waals surface area contributed by atoms with Crippen LogP contribution in [0.5, 0.6) is 11.8 Å². The third-order valence-corrected chi connectivity index (χ3v) is 2.71. The van der Waals surface area contributed by atoms with Crippen LogP contribution in [0, 0.1) is 0 Å². The normalized spacial score (nSPS) is 10.3. The van der Waals surface area contributed by atoms with Crippen LogP contribution in [0.15, 0.2) is 54.9 Å². The minimum Gasteiger partial charge on any atom is -0.477 e. The average molecular weight is 282 g/mol. The third kappa shape index (κ3) is 2.57. The zero-order valence-electron chi connectivity index (χ0n) is 10.7. The number of carboxylic acid groups (broad SMARTS) is 1. The van der Waals surface area contributed by atoms with Gasteiger partial charge in [-0.15, -0.1) is 5.10 Å². The van der Waals surface area contributed by atoms with Crippen molar-refractivity contribution in [2.75, 3.05) is 0 Å². The van der Waals surface area contributed by atoms with Gasteiger partial charge in [-0.05, 0) is 18.2 Å². The maximum absolute atomic E-state index is 11.3. The number of ether oxygens (including phenoxy) is 1. The van der Waals surface area contributed by atoms with Gasteiger partial charge in [-0.25, -0.2) is 4.79 Å². The number of benzene rings is 1. The summed E-state index contributed by atoms with van der Waals surface area (Å²) in [6.07, 6.45) is 2.74. The van der Waals surface area contributed by atoms with E-state index in [1.807, 2.05) is 18.2 Å². The van der Waals surface area contributed by atoms with Crippen LogP contribution in [-0.4, -0.2) is 31.1 Å². The molecule has 0 spiro atoms. The fourth-order valence-corrected chi connectivity index (χ4v) is 1.78. The van der Waals surface area contributed by atoms with Gasteiger partial charge >= 0.3 is 5.97 Å². The Morgan fingerprint density at radius 1 is 1.14 bits per heavy atom. The van der Waals surface area contributed by atoms with Gasteiger partial charge in [-0.2, -0.15) is 14.9 Å². The first kappa shape index (κ1) is 12.8. The number of para-hydroxylation sites is 1. The molecule has 0 saturated heterocycles. The molecule has 0 aliphatic carbocycles. The molecule has 0 amide bonds. The minimum atomic E-state index is -1.13. The van der Waals surface area contributed by atoms with E-state index in [0.29, 0.717) is 5.69 Å². The largest absolute Gasteiger partial charge is 0.477 e. The Balaban J connectivity index is 2.08. The number of carboxylic acids is 1. The van der Waals surface area contributed by atoms with Gasteiger partial charge in [0, 0.05) is 12.3 Å². The Kier molecular flexibility index (Phi) is 3.30. The summed E-state index contributed by atoms with van der Waals surface area (Å²) in [6, 6.07) is 12.3. The van der Waals surface area contributed by atoms with E-state index in [1.165, 1.54) is 17.1 Å². The second-order valence-electron chi connectivity index (χ2n) is 4.08. The molecule has 1 N–H and O–H groups in total. The molecule has 0 aliphatic heterocycles. The molecule has 0 bridgehead atoms. The van der Waals surface area contributed by atoms with Crippen LogP contribution in [-0.2, 0) is 0 Å². The molecule has 7 heteroatoms. The number of rotatable bonds is 4. The van der Waals surface area contributed by atoms with E-state index in [9.17, 15) is 9.90 Å². The van der Waals surface area contributed by atoms with E-state index in [4.69, 9.17) is 4.74 Å². The van der Waals surface area contributed by atoms with Crippen LogP contribution >= 0.6 is 0 Å². The van der Waals surface area contributed by atoms with Crippen molar-refractivity contribution in [2.24, 2.45) is 0 Å². The Morgan fingerprint density at radius 3 is 2.62 bits per heavy atom. The zero-order valence-corrected chi connectivity index (χ0v) is 10.7. The molecule has 2 heterocycles. The zero-order chi connectivity index (χ0) is 14.7. The van der Waals surface area contributed by atoms with Crippen molar-refractivity contribution < 1.29 is 14.6 Å². The Bertz CT molecular complexity index is 756. The molecule has 1 aromatic carbocycles. The smallest absolute Gasteiger partial charge is 0.342 e. The summed E-state index contributed by atoms with van der Waals surface area (Å²) in [5.41, 5.74) is 0.633. The van der Waals surface area contributed by atoms with Gasteiger partial charge in [0.2, 0.25) is 11.8 Å². The van der Waals surface area contributed by atoms with E-state index in [1.54, 1.807) is 24.3 Å². The van der Waals surface area contributed by atoms with Crippen LogP contribution in [0.25, 0.3) is 5.69 Å². The van der Waals surface area contributed by atoms with Crippen molar-refractivity contribution in [1.82, 2.24) is 20.0 Å². The van der Waals surface area contributed by atoms with Crippen LogP contribution in [0.4, 0.5) is 0 Å². The van der Waals surface area contributed by atoms with E-state index in [0.717, 1.165) is 0 Å². The van der Waals surface area contributed by atoms with Gasteiger partial charge in [0.1, 0.15) is 5.56 Å². The summed E-state index contributed by atoms with van der Waals surface area (Å²) in [7, 11) is 0. The first-order valence-corrected chi connectivity index (χ1v) is 6.08. The summed E-state index contributed by atoms with van der Waals surface area (Å²) in [5, 5.41) is 20.8. The highest BCUT2D eigenvalue weighted by atomic mass is 16.5. The topological polar surface area (TPSA) is 90.1 Å². The number of hydrogen-bond donors (Lipinski definition) is 1. The molecule has 0 atom stereocenters. The van der Waals surface area contributed by atoms with Crippen molar-refractivity contribution in [3.8, 4) is 17.4 Å². The summed E-state index contributed by atoms with van der Waals surface area (Å²) < 4.78 is 6.94. The molecule has 0 unspecified atom stereocenters. The van der Waals surface area contributed by atoms with Gasteiger partial charge in [0.15, 0.2) is 0 Å². The van der Waals surface area contributed by atoms with Gasteiger partial charge in [-0.3, -0.25) is 0 Å². The van der Waals surface area contributed by atoms with E-state index >= 15 is 0 Å². The van der Waals surface area contributed by atoms with E-state index in [-0.39, 0.29) is 17.3 Å². The maximum Gasteiger partial charge on any atom is 0.342 e. The summed E-state index contributed by atoms with van der Waals surface area (Å²) in [6.45, 7) is 0. The maximum atomic E-state index is 11.3. The lowest BCUT2D eigenvalue weighted by Gasteiger charge is -2.08. The highest BCUT2D eigenvalue weighted by molar-refractivity contribution is 5.90. The lowest BCUT2D eigenvalue weighted by atomic mass is 10.3.